The van der Waals surface area contributed by atoms with E-state index in [2.05, 4.69) is 19.6 Å². The molecule has 0 radical (unpaired) electrons. The molecule has 2 aromatic rings. The summed E-state index contributed by atoms with van der Waals surface area (Å²) in [6, 6.07) is 13.4. The Kier molecular flexibility index (Phi) is 11.9. The molecule has 2 aliphatic heterocycles. The largest absolute Gasteiger partial charge is 0.494 e. The quantitative estimate of drug-likeness (QED) is 0.120. The molecule has 0 saturated carbocycles. The van der Waals surface area contributed by atoms with Crippen LogP contribution >= 0.6 is 0 Å². The minimum Gasteiger partial charge on any atom is -0.494 e. The summed E-state index contributed by atoms with van der Waals surface area (Å²) < 4.78 is 41.9. The van der Waals surface area contributed by atoms with E-state index in [9.17, 15) is 9.59 Å². The standard InChI is InChI=1S/C36H48O9Si/c1-24-17-18-29(43-34(37)26-13-10-9-11-14-26)33-30(44-36(3,4)45-33)16-12-15-27-21-28(40-19-20-46(6,7)8)22-31(41-23-39-5)32(27)35(38)42-25(24)2/h9-15,17-18,21-22,24-25,29-30,33H,16,19-20,23H2,1-8H3/b15-12?,18-17-/t24-,25+,29?,30+,33-/m1/s1. The van der Waals surface area contributed by atoms with Crippen LogP contribution in [-0.4, -0.2) is 70.7 Å². The van der Waals surface area contributed by atoms with Gasteiger partial charge in [0.15, 0.2) is 12.6 Å². The summed E-state index contributed by atoms with van der Waals surface area (Å²) >= 11 is 0. The number of cyclic esters (lactones) is 1. The van der Waals surface area contributed by atoms with Crippen LogP contribution in [0.3, 0.4) is 0 Å². The van der Waals surface area contributed by atoms with Crippen molar-refractivity contribution >= 4 is 26.1 Å². The summed E-state index contributed by atoms with van der Waals surface area (Å²) in [7, 11) is 0.189. The Morgan fingerprint density at radius 2 is 1.76 bits per heavy atom. The summed E-state index contributed by atoms with van der Waals surface area (Å²) in [6.45, 7) is 14.8. The van der Waals surface area contributed by atoms with Gasteiger partial charge in [0.05, 0.1) is 18.3 Å². The second-order valence-electron chi connectivity index (χ2n) is 13.5. The van der Waals surface area contributed by atoms with Crippen LogP contribution in [0.25, 0.3) is 6.08 Å². The zero-order chi connectivity index (χ0) is 33.5. The highest BCUT2D eigenvalue weighted by atomic mass is 28.3. The minimum absolute atomic E-state index is 0.0520. The lowest BCUT2D eigenvalue weighted by Gasteiger charge is -2.26. The van der Waals surface area contributed by atoms with Crippen LogP contribution in [0.2, 0.25) is 25.7 Å². The fraction of sp³-hybridized carbons (Fsp3) is 0.500. The highest BCUT2D eigenvalue weighted by molar-refractivity contribution is 6.76. The van der Waals surface area contributed by atoms with Gasteiger partial charge in [0.1, 0.15) is 35.4 Å². The molecule has 10 heteroatoms. The van der Waals surface area contributed by atoms with Gasteiger partial charge < -0.3 is 33.2 Å². The lowest BCUT2D eigenvalue weighted by atomic mass is 9.98. The van der Waals surface area contributed by atoms with Gasteiger partial charge >= 0.3 is 11.9 Å². The molecule has 5 atom stereocenters. The van der Waals surface area contributed by atoms with Crippen molar-refractivity contribution in [2.24, 2.45) is 5.92 Å². The van der Waals surface area contributed by atoms with E-state index < -0.39 is 50.2 Å². The van der Waals surface area contributed by atoms with E-state index in [1.165, 1.54) is 7.11 Å². The molecule has 1 unspecified atom stereocenters. The molecule has 250 valence electrons. The summed E-state index contributed by atoms with van der Waals surface area (Å²) in [4.78, 5) is 26.9. The third kappa shape index (κ3) is 9.78. The summed E-state index contributed by atoms with van der Waals surface area (Å²) in [5.74, 6) is -1.24. The van der Waals surface area contributed by atoms with Gasteiger partial charge in [-0.15, -0.1) is 0 Å². The molecule has 0 spiro atoms. The molecule has 0 amide bonds. The zero-order valence-corrected chi connectivity index (χ0v) is 29.2. The Hall–Kier alpha value is -3.44. The molecular weight excluding hydrogens is 604 g/mol. The zero-order valence-electron chi connectivity index (χ0n) is 28.2. The average molecular weight is 653 g/mol. The number of carbonyl (C=O) groups is 2. The number of hydrogen-bond acceptors (Lipinski definition) is 9. The van der Waals surface area contributed by atoms with Crippen LogP contribution in [0.4, 0.5) is 0 Å². The third-order valence-electron chi connectivity index (χ3n) is 7.86. The number of methoxy groups -OCH3 is 1. The Morgan fingerprint density at radius 1 is 1.02 bits per heavy atom. The Bertz CT molecular complexity index is 1400. The minimum atomic E-state index is -1.33. The van der Waals surface area contributed by atoms with Crippen LogP contribution in [-0.2, 0) is 23.7 Å². The van der Waals surface area contributed by atoms with E-state index in [0.29, 0.717) is 35.7 Å². The predicted octanol–water partition coefficient (Wildman–Crippen LogP) is 7.29. The summed E-state index contributed by atoms with van der Waals surface area (Å²) in [5.41, 5.74) is 1.29. The molecule has 2 aromatic carbocycles. The monoisotopic (exact) mass is 652 g/mol. The van der Waals surface area contributed by atoms with Crippen molar-refractivity contribution in [2.45, 2.75) is 90.0 Å². The van der Waals surface area contributed by atoms with Crippen molar-refractivity contribution in [3.05, 3.63) is 77.4 Å². The molecule has 2 aliphatic rings. The van der Waals surface area contributed by atoms with E-state index in [0.717, 1.165) is 6.04 Å². The third-order valence-corrected chi connectivity index (χ3v) is 9.57. The van der Waals surface area contributed by atoms with Gasteiger partial charge in [0, 0.05) is 27.2 Å². The van der Waals surface area contributed by atoms with E-state index in [4.69, 9.17) is 33.2 Å². The number of benzene rings is 2. The molecule has 1 saturated heterocycles. The summed E-state index contributed by atoms with van der Waals surface area (Å²) in [6.07, 6.45) is 5.54. The highest BCUT2D eigenvalue weighted by Gasteiger charge is 2.45. The van der Waals surface area contributed by atoms with Crippen molar-refractivity contribution in [2.75, 3.05) is 20.5 Å². The van der Waals surface area contributed by atoms with Gasteiger partial charge in [0.25, 0.3) is 0 Å². The van der Waals surface area contributed by atoms with Crippen molar-refractivity contribution < 1.29 is 42.7 Å². The maximum Gasteiger partial charge on any atom is 0.342 e. The fourth-order valence-corrected chi connectivity index (χ4v) is 5.88. The van der Waals surface area contributed by atoms with Crippen LogP contribution in [0, 0.1) is 5.92 Å². The molecule has 0 bridgehead atoms. The van der Waals surface area contributed by atoms with E-state index in [1.807, 2.05) is 58.1 Å². The fourth-order valence-electron chi connectivity index (χ4n) is 5.17. The maximum atomic E-state index is 13.8. The SMILES string of the molecule is COCOc1cc(OCC[Si](C)(C)C)cc2c1C(=O)O[C@@H](C)[C@H](C)/C=C\C(OC(=O)c1ccccc1)[C@H]1OC(C)(C)O[C@H]1CC=C2. The first-order valence-electron chi connectivity index (χ1n) is 15.9. The smallest absolute Gasteiger partial charge is 0.342 e. The van der Waals surface area contributed by atoms with Gasteiger partial charge in [-0.3, -0.25) is 0 Å². The van der Waals surface area contributed by atoms with Gasteiger partial charge in [-0.25, -0.2) is 9.59 Å². The van der Waals surface area contributed by atoms with E-state index in [1.54, 1.807) is 36.4 Å². The second kappa shape index (κ2) is 15.4. The predicted molar refractivity (Wildman–Crippen MR) is 179 cm³/mol. The average Bonchev–Trinajstić information content (AvgIpc) is 3.30. The van der Waals surface area contributed by atoms with E-state index >= 15 is 0 Å². The molecule has 2 heterocycles. The number of carbonyl (C=O) groups excluding carboxylic acids is 2. The number of esters is 2. The number of fused-ring (bicyclic) bond motifs is 2. The second-order valence-corrected chi connectivity index (χ2v) is 19.1. The molecule has 0 N–H and O–H groups in total. The van der Waals surface area contributed by atoms with Crippen LogP contribution in [0.5, 0.6) is 11.5 Å². The topological polar surface area (TPSA) is 98.8 Å². The van der Waals surface area contributed by atoms with Crippen molar-refractivity contribution in [1.29, 1.82) is 0 Å². The molecule has 46 heavy (non-hydrogen) atoms. The molecule has 4 rings (SSSR count). The normalized spacial score (nSPS) is 25.4. The Morgan fingerprint density at radius 3 is 2.46 bits per heavy atom. The van der Waals surface area contributed by atoms with Crippen LogP contribution in [0.1, 0.15) is 60.4 Å². The van der Waals surface area contributed by atoms with Gasteiger partial charge in [0.2, 0.25) is 0 Å². The number of hydrogen-bond donors (Lipinski definition) is 0. The van der Waals surface area contributed by atoms with Crippen LogP contribution in [0.15, 0.2) is 60.7 Å². The van der Waals surface area contributed by atoms with Gasteiger partial charge in [-0.2, -0.15) is 0 Å². The van der Waals surface area contributed by atoms with E-state index in [-0.39, 0.29) is 18.3 Å². The van der Waals surface area contributed by atoms with Gasteiger partial charge in [-0.1, -0.05) is 63.0 Å². The lowest BCUT2D eigenvalue weighted by molar-refractivity contribution is -0.152. The van der Waals surface area contributed by atoms with Crippen LogP contribution < -0.4 is 9.47 Å². The first-order valence-corrected chi connectivity index (χ1v) is 19.6. The number of ether oxygens (including phenoxy) is 7. The highest BCUT2D eigenvalue weighted by Crippen LogP contribution is 2.36. The summed E-state index contributed by atoms with van der Waals surface area (Å²) in [5, 5.41) is 0. The van der Waals surface area contributed by atoms with Crippen molar-refractivity contribution in [1.82, 2.24) is 0 Å². The van der Waals surface area contributed by atoms with Gasteiger partial charge in [-0.05, 0) is 63.1 Å². The first-order chi connectivity index (χ1) is 21.8. The number of rotatable bonds is 9. The Labute approximate surface area is 273 Å². The Balaban J connectivity index is 1.73. The first kappa shape index (κ1) is 35.4. The van der Waals surface area contributed by atoms with Crippen molar-refractivity contribution in [3.8, 4) is 11.5 Å². The molecular formula is C36H48O9Si. The molecule has 0 aliphatic carbocycles. The molecule has 9 nitrogen and oxygen atoms in total. The maximum absolute atomic E-state index is 13.8. The lowest BCUT2D eigenvalue weighted by Crippen LogP contribution is -2.37. The van der Waals surface area contributed by atoms with Crippen molar-refractivity contribution in [3.63, 3.8) is 0 Å². The molecule has 1 fully saturated rings. The molecule has 0 aromatic heterocycles.